The van der Waals surface area contributed by atoms with Crippen LogP contribution in [-0.2, 0) is 9.53 Å². The molecule has 0 spiro atoms. The Kier molecular flexibility index (Phi) is 4.35. The molecule has 82 valence electrons. The number of nitrogens with zero attached hydrogens (tertiary/aromatic N) is 1. The maximum atomic E-state index is 11.4. The van der Waals surface area contributed by atoms with Gasteiger partial charge in [-0.2, -0.15) is 0 Å². The number of morpholine rings is 1. The number of hydrogen-bond acceptors (Lipinski definition) is 3. The van der Waals surface area contributed by atoms with Gasteiger partial charge < -0.3 is 10.1 Å². The molecule has 1 heterocycles. The van der Waals surface area contributed by atoms with Crippen molar-refractivity contribution < 1.29 is 9.53 Å². The Bertz CT molecular complexity index is 197. The van der Waals surface area contributed by atoms with Crippen LogP contribution in [0.3, 0.4) is 0 Å². The number of amides is 1. The van der Waals surface area contributed by atoms with Crippen molar-refractivity contribution in [1.29, 1.82) is 0 Å². The Morgan fingerprint density at radius 1 is 1.57 bits per heavy atom. The first-order valence-electron chi connectivity index (χ1n) is 5.25. The zero-order chi connectivity index (χ0) is 10.6. The molecular formula is C10H20N2O2. The summed E-state index contributed by atoms with van der Waals surface area (Å²) in [4.78, 5) is 13.5. The van der Waals surface area contributed by atoms with E-state index in [0.717, 1.165) is 13.2 Å². The molecule has 4 heteroatoms. The molecule has 14 heavy (non-hydrogen) atoms. The Labute approximate surface area is 85.6 Å². The molecule has 1 rings (SSSR count). The highest BCUT2D eigenvalue weighted by molar-refractivity contribution is 5.77. The van der Waals surface area contributed by atoms with Crippen LogP contribution in [0.15, 0.2) is 0 Å². The Morgan fingerprint density at radius 2 is 2.29 bits per heavy atom. The molecule has 1 aliphatic heterocycles. The second-order valence-corrected chi connectivity index (χ2v) is 3.88. The second-order valence-electron chi connectivity index (χ2n) is 3.88. The maximum absolute atomic E-state index is 11.4. The van der Waals surface area contributed by atoms with Gasteiger partial charge in [0.25, 0.3) is 0 Å². The predicted octanol–water partition coefficient (Wildman–Crippen LogP) is 0.232. The van der Waals surface area contributed by atoms with E-state index < -0.39 is 0 Å². The lowest BCUT2D eigenvalue weighted by atomic mass is 10.2. The highest BCUT2D eigenvalue weighted by Crippen LogP contribution is 2.10. The molecule has 0 bridgehead atoms. The number of ether oxygens (including phenoxy) is 1. The molecule has 4 nitrogen and oxygen atoms in total. The number of nitrogens with one attached hydrogen (secondary N) is 1. The summed E-state index contributed by atoms with van der Waals surface area (Å²) in [6.45, 7) is 8.82. The van der Waals surface area contributed by atoms with Crippen molar-refractivity contribution in [3.8, 4) is 0 Å². The van der Waals surface area contributed by atoms with Gasteiger partial charge in [0.2, 0.25) is 5.91 Å². The highest BCUT2D eigenvalue weighted by Gasteiger charge is 2.24. The molecule has 0 aliphatic carbocycles. The van der Waals surface area contributed by atoms with Gasteiger partial charge in [0, 0.05) is 19.1 Å². The van der Waals surface area contributed by atoms with Crippen LogP contribution >= 0.6 is 0 Å². The summed E-state index contributed by atoms with van der Waals surface area (Å²) < 4.78 is 5.49. The largest absolute Gasteiger partial charge is 0.376 e. The number of likely N-dealkylation sites (N-methyl/N-ethyl adjacent to an activating group) is 1. The van der Waals surface area contributed by atoms with Crippen molar-refractivity contribution in [3.63, 3.8) is 0 Å². The average Bonchev–Trinajstić information content (AvgIpc) is 2.12. The molecule has 1 fully saturated rings. The molecule has 1 amide bonds. The lowest BCUT2D eigenvalue weighted by Gasteiger charge is -2.36. The van der Waals surface area contributed by atoms with E-state index in [1.165, 1.54) is 0 Å². The van der Waals surface area contributed by atoms with Crippen LogP contribution in [0.5, 0.6) is 0 Å². The topological polar surface area (TPSA) is 41.6 Å². The van der Waals surface area contributed by atoms with Crippen LogP contribution in [0.1, 0.15) is 20.8 Å². The fourth-order valence-corrected chi connectivity index (χ4v) is 1.63. The molecule has 0 aromatic rings. The molecular weight excluding hydrogens is 180 g/mol. The van der Waals surface area contributed by atoms with E-state index in [1.54, 1.807) is 0 Å². The predicted molar refractivity (Wildman–Crippen MR) is 55.1 cm³/mol. The molecule has 0 saturated carbocycles. The van der Waals surface area contributed by atoms with E-state index in [9.17, 15) is 4.79 Å². The molecule has 2 atom stereocenters. The minimum absolute atomic E-state index is 0.105. The number of hydrogen-bond donors (Lipinski definition) is 1. The summed E-state index contributed by atoms with van der Waals surface area (Å²) in [7, 11) is 0. The summed E-state index contributed by atoms with van der Waals surface area (Å²) in [6, 6.07) is 0.341. The zero-order valence-corrected chi connectivity index (χ0v) is 9.25. The SMILES string of the molecule is CCNC(=O)CN1C[C@@H](C)OC[C@@H]1C. The van der Waals surface area contributed by atoms with Crippen LogP contribution in [0, 0.1) is 0 Å². The van der Waals surface area contributed by atoms with Gasteiger partial charge in [0.1, 0.15) is 0 Å². The van der Waals surface area contributed by atoms with Gasteiger partial charge in [-0.1, -0.05) is 0 Å². The second kappa shape index (κ2) is 5.32. The van der Waals surface area contributed by atoms with E-state index in [2.05, 4.69) is 17.1 Å². The van der Waals surface area contributed by atoms with Gasteiger partial charge >= 0.3 is 0 Å². The normalized spacial score (nSPS) is 28.8. The molecule has 0 radical (unpaired) electrons. The van der Waals surface area contributed by atoms with Crippen LogP contribution in [0.25, 0.3) is 0 Å². The summed E-state index contributed by atoms with van der Waals surface area (Å²) in [5, 5.41) is 2.81. The third-order valence-corrected chi connectivity index (χ3v) is 2.46. The average molecular weight is 200 g/mol. The van der Waals surface area contributed by atoms with Crippen LogP contribution in [0.4, 0.5) is 0 Å². The summed E-state index contributed by atoms with van der Waals surface area (Å²) in [6.07, 6.45) is 0.237. The van der Waals surface area contributed by atoms with Gasteiger partial charge in [-0.25, -0.2) is 0 Å². The summed E-state index contributed by atoms with van der Waals surface area (Å²) in [5.41, 5.74) is 0. The molecule has 0 unspecified atom stereocenters. The van der Waals surface area contributed by atoms with Gasteiger partial charge in [-0.3, -0.25) is 9.69 Å². The number of carbonyl (C=O) groups is 1. The number of carbonyl (C=O) groups excluding carboxylic acids is 1. The third kappa shape index (κ3) is 3.27. The van der Waals surface area contributed by atoms with Gasteiger partial charge in [-0.05, 0) is 20.8 Å². The van der Waals surface area contributed by atoms with Crippen LogP contribution in [0.2, 0.25) is 0 Å². The quantitative estimate of drug-likeness (QED) is 0.709. The first-order chi connectivity index (χ1) is 6.63. The van der Waals surface area contributed by atoms with E-state index in [4.69, 9.17) is 4.74 Å². The van der Waals surface area contributed by atoms with E-state index in [0.29, 0.717) is 19.1 Å². The van der Waals surface area contributed by atoms with E-state index >= 15 is 0 Å². The Balaban J connectivity index is 2.37. The van der Waals surface area contributed by atoms with Crippen molar-refractivity contribution in [2.24, 2.45) is 0 Å². The first kappa shape index (κ1) is 11.5. The van der Waals surface area contributed by atoms with Gasteiger partial charge in [-0.15, -0.1) is 0 Å². The van der Waals surface area contributed by atoms with Crippen LogP contribution in [-0.4, -0.2) is 49.2 Å². The van der Waals surface area contributed by atoms with Gasteiger partial charge in [0.15, 0.2) is 0 Å². The lowest BCUT2D eigenvalue weighted by Crippen LogP contribution is -2.50. The molecule has 1 saturated heterocycles. The lowest BCUT2D eigenvalue weighted by molar-refractivity contribution is -0.125. The van der Waals surface area contributed by atoms with Crippen molar-refractivity contribution in [2.75, 3.05) is 26.2 Å². The third-order valence-electron chi connectivity index (χ3n) is 2.46. The van der Waals surface area contributed by atoms with Crippen molar-refractivity contribution in [2.45, 2.75) is 32.9 Å². The molecule has 0 aromatic heterocycles. The molecule has 1 N–H and O–H groups in total. The minimum Gasteiger partial charge on any atom is -0.376 e. The zero-order valence-electron chi connectivity index (χ0n) is 9.25. The summed E-state index contributed by atoms with van der Waals surface area (Å²) in [5.74, 6) is 0.105. The van der Waals surface area contributed by atoms with Crippen molar-refractivity contribution >= 4 is 5.91 Å². The smallest absolute Gasteiger partial charge is 0.234 e. The van der Waals surface area contributed by atoms with Gasteiger partial charge in [0.05, 0.1) is 19.3 Å². The maximum Gasteiger partial charge on any atom is 0.234 e. The van der Waals surface area contributed by atoms with Crippen molar-refractivity contribution in [3.05, 3.63) is 0 Å². The summed E-state index contributed by atoms with van der Waals surface area (Å²) >= 11 is 0. The minimum atomic E-state index is 0.105. The van der Waals surface area contributed by atoms with Crippen molar-refractivity contribution in [1.82, 2.24) is 10.2 Å². The molecule has 0 aromatic carbocycles. The first-order valence-corrected chi connectivity index (χ1v) is 5.25. The Morgan fingerprint density at radius 3 is 2.93 bits per heavy atom. The highest BCUT2D eigenvalue weighted by atomic mass is 16.5. The Hall–Kier alpha value is -0.610. The van der Waals surface area contributed by atoms with Crippen LogP contribution < -0.4 is 5.32 Å². The van der Waals surface area contributed by atoms with E-state index in [-0.39, 0.29) is 12.0 Å². The number of rotatable bonds is 3. The fourth-order valence-electron chi connectivity index (χ4n) is 1.63. The monoisotopic (exact) mass is 200 g/mol. The fraction of sp³-hybridized carbons (Fsp3) is 0.900. The standard InChI is InChI=1S/C10H20N2O2/c1-4-11-10(13)6-12-5-9(3)14-7-8(12)2/h8-9H,4-7H2,1-3H3,(H,11,13)/t8-,9+/m0/s1. The molecule has 1 aliphatic rings. The van der Waals surface area contributed by atoms with E-state index in [1.807, 2.05) is 13.8 Å².